The second-order valence-corrected chi connectivity index (χ2v) is 2.06. The Morgan fingerprint density at radius 2 is 2.00 bits per heavy atom. The zero-order chi connectivity index (χ0) is 7.56. The van der Waals surface area contributed by atoms with Crippen molar-refractivity contribution in [3.63, 3.8) is 0 Å². The van der Waals surface area contributed by atoms with Gasteiger partial charge in [-0.25, -0.2) is 0 Å². The van der Waals surface area contributed by atoms with Gasteiger partial charge in [0, 0.05) is 38.4 Å². The molecule has 1 aromatic heterocycles. The Morgan fingerprint density at radius 1 is 1.36 bits per heavy atom. The summed E-state index contributed by atoms with van der Waals surface area (Å²) in [6, 6.07) is 0. The molecule has 0 spiro atoms. The van der Waals surface area contributed by atoms with E-state index in [0.29, 0.717) is 0 Å². The van der Waals surface area contributed by atoms with Gasteiger partial charge < -0.3 is 4.74 Å². The minimum Gasteiger partial charge on any atom is -0.579 e. The first-order valence-corrected chi connectivity index (χ1v) is 3.01. The van der Waals surface area contributed by atoms with Crippen LogP contribution in [0.1, 0.15) is 11.3 Å². The minimum absolute atomic E-state index is 0. The summed E-state index contributed by atoms with van der Waals surface area (Å²) >= 11 is 0. The molecule has 0 N–H and O–H groups in total. The van der Waals surface area contributed by atoms with Gasteiger partial charge in [-0.15, -0.1) is 6.20 Å². The maximum Gasteiger partial charge on any atom is 0.0533 e. The Balaban J connectivity index is 0.000001000. The van der Waals surface area contributed by atoms with Crippen LogP contribution in [0.5, 0.6) is 5.75 Å². The predicted octanol–water partition coefficient (Wildman–Crippen LogP) is 0.900. The molecule has 0 aliphatic carbocycles. The smallest absolute Gasteiger partial charge is 0.0533 e. The van der Waals surface area contributed by atoms with Gasteiger partial charge in [0.05, 0.1) is 7.11 Å². The molecule has 1 heterocycles. The van der Waals surface area contributed by atoms with E-state index in [9.17, 15) is 0 Å². The van der Waals surface area contributed by atoms with Crippen molar-refractivity contribution in [1.29, 1.82) is 0 Å². The first-order valence-electron chi connectivity index (χ1n) is 3.01. The molecule has 3 nitrogen and oxygen atoms in total. The maximum atomic E-state index is 5.04. The van der Waals surface area contributed by atoms with Crippen molar-refractivity contribution in [3.05, 3.63) is 17.5 Å². The molecule has 0 amide bonds. The fourth-order valence-corrected chi connectivity index (χ4v) is 0.843. The van der Waals surface area contributed by atoms with Crippen molar-refractivity contribution in [1.82, 2.24) is 10.2 Å². The van der Waals surface area contributed by atoms with Crippen LogP contribution in [0.15, 0.2) is 0 Å². The summed E-state index contributed by atoms with van der Waals surface area (Å²) < 4.78 is 5.04. The molecule has 57 valence electrons. The van der Waals surface area contributed by atoms with Crippen LogP contribution in [0.4, 0.5) is 0 Å². The third-order valence-corrected chi connectivity index (χ3v) is 1.29. The normalized spacial score (nSPS) is 8.64. The van der Waals surface area contributed by atoms with E-state index in [4.69, 9.17) is 4.74 Å². The number of nitrogens with zero attached hydrogens (tertiary/aromatic N) is 2. The van der Waals surface area contributed by atoms with Crippen LogP contribution < -0.4 is 4.74 Å². The van der Waals surface area contributed by atoms with E-state index in [0.717, 1.165) is 17.0 Å². The van der Waals surface area contributed by atoms with Gasteiger partial charge in [-0.1, -0.05) is 6.92 Å². The number of aromatic nitrogens is 2. The first-order chi connectivity index (χ1) is 4.75. The Hall–Kier alpha value is -0.0161. The van der Waals surface area contributed by atoms with Gasteiger partial charge in [-0.3, -0.25) is 5.10 Å². The third kappa shape index (κ3) is 2.49. The number of hydrogen-bond acceptors (Lipinski definition) is 3. The third-order valence-electron chi connectivity index (χ3n) is 1.29. The van der Waals surface area contributed by atoms with Crippen molar-refractivity contribution in [3.8, 4) is 5.75 Å². The molecular formula is C7H9N2OY-. The Labute approximate surface area is 91.4 Å². The monoisotopic (exact) mass is 226 g/mol. The largest absolute Gasteiger partial charge is 0.579 e. The van der Waals surface area contributed by atoms with Crippen molar-refractivity contribution >= 4 is 0 Å². The summed E-state index contributed by atoms with van der Waals surface area (Å²) in [5.74, 6) is 0.773. The average Bonchev–Trinajstić information content (AvgIpc) is 1.88. The summed E-state index contributed by atoms with van der Waals surface area (Å²) in [6.07, 6.45) is 2.71. The van der Waals surface area contributed by atoms with Gasteiger partial charge >= 0.3 is 0 Å². The molecule has 1 rings (SSSR count). The standard InChI is InChI=1S/C7H9N2O.Y/c1-5-4-8-9-6(2)7(5)10-3;/h1-3H3;/q-1;. The zero-order valence-corrected chi connectivity index (χ0v) is 9.72. The van der Waals surface area contributed by atoms with E-state index < -0.39 is 0 Å². The molecule has 0 aliphatic rings. The molecule has 0 saturated heterocycles. The number of hydrogen-bond donors (Lipinski definition) is 0. The topological polar surface area (TPSA) is 35.0 Å². The summed E-state index contributed by atoms with van der Waals surface area (Å²) in [5.41, 5.74) is 1.70. The maximum absolute atomic E-state index is 5.04. The summed E-state index contributed by atoms with van der Waals surface area (Å²) in [4.78, 5) is 0. The van der Waals surface area contributed by atoms with E-state index in [1.807, 2.05) is 13.8 Å². The van der Waals surface area contributed by atoms with E-state index in [1.165, 1.54) is 0 Å². The van der Waals surface area contributed by atoms with Crippen molar-refractivity contribution in [2.24, 2.45) is 0 Å². The molecule has 0 bridgehead atoms. The minimum atomic E-state index is 0. The van der Waals surface area contributed by atoms with Crippen LogP contribution in [0.3, 0.4) is 0 Å². The van der Waals surface area contributed by atoms with Crippen molar-refractivity contribution < 1.29 is 37.4 Å². The SMILES string of the molecule is COc1c(C)[c-]nnc1C.[Y]. The van der Waals surface area contributed by atoms with Gasteiger partial charge in [0.2, 0.25) is 0 Å². The summed E-state index contributed by atoms with van der Waals surface area (Å²) in [6.45, 7) is 3.74. The van der Waals surface area contributed by atoms with Crippen LogP contribution in [0.25, 0.3) is 0 Å². The van der Waals surface area contributed by atoms with Crippen molar-refractivity contribution in [2.75, 3.05) is 7.11 Å². The van der Waals surface area contributed by atoms with E-state index in [-0.39, 0.29) is 32.7 Å². The zero-order valence-electron chi connectivity index (χ0n) is 6.88. The second kappa shape index (κ2) is 4.78. The molecule has 0 aliphatic heterocycles. The number of methoxy groups -OCH3 is 1. The quantitative estimate of drug-likeness (QED) is 0.667. The van der Waals surface area contributed by atoms with Crippen LogP contribution in [0, 0.1) is 20.0 Å². The van der Waals surface area contributed by atoms with Crippen LogP contribution in [0.2, 0.25) is 0 Å². The average molecular weight is 226 g/mol. The molecule has 0 aromatic carbocycles. The van der Waals surface area contributed by atoms with Crippen LogP contribution in [-0.2, 0) is 32.7 Å². The van der Waals surface area contributed by atoms with E-state index in [1.54, 1.807) is 7.11 Å². The van der Waals surface area contributed by atoms with Gasteiger partial charge in [0.15, 0.2) is 0 Å². The van der Waals surface area contributed by atoms with Gasteiger partial charge in [0.25, 0.3) is 0 Å². The predicted molar refractivity (Wildman–Crippen MR) is 36.9 cm³/mol. The van der Waals surface area contributed by atoms with E-state index >= 15 is 0 Å². The molecule has 0 fully saturated rings. The number of ether oxygens (including phenoxy) is 1. The van der Waals surface area contributed by atoms with Gasteiger partial charge in [-0.05, 0) is 12.7 Å². The molecule has 4 heteroatoms. The van der Waals surface area contributed by atoms with Crippen LogP contribution >= 0.6 is 0 Å². The molecule has 11 heavy (non-hydrogen) atoms. The summed E-state index contributed by atoms with van der Waals surface area (Å²) in [7, 11) is 1.62. The molecule has 1 radical (unpaired) electrons. The molecular weight excluding hydrogens is 217 g/mol. The fourth-order valence-electron chi connectivity index (χ4n) is 0.843. The van der Waals surface area contributed by atoms with E-state index in [2.05, 4.69) is 16.4 Å². The Morgan fingerprint density at radius 3 is 2.36 bits per heavy atom. The fraction of sp³-hybridized carbons (Fsp3) is 0.429. The first kappa shape index (κ1) is 11.0. The molecule has 0 atom stereocenters. The molecule has 1 aromatic rings. The number of rotatable bonds is 1. The van der Waals surface area contributed by atoms with Crippen LogP contribution in [-0.4, -0.2) is 17.3 Å². The van der Waals surface area contributed by atoms with Crippen molar-refractivity contribution in [2.45, 2.75) is 13.8 Å². The molecule has 0 saturated carbocycles. The van der Waals surface area contributed by atoms with Gasteiger partial charge in [0.1, 0.15) is 0 Å². The Bertz CT molecular complexity index is 220. The molecule has 0 unspecified atom stereocenters. The number of aryl methyl sites for hydroxylation is 2. The summed E-state index contributed by atoms with van der Waals surface area (Å²) in [5, 5.41) is 7.42. The Kier molecular flexibility index (Phi) is 4.77. The second-order valence-electron chi connectivity index (χ2n) is 2.06. The van der Waals surface area contributed by atoms with Gasteiger partial charge in [-0.2, -0.15) is 10.7 Å².